The lowest BCUT2D eigenvalue weighted by Crippen LogP contribution is -2.28. The van der Waals surface area contributed by atoms with Crippen LogP contribution in [-0.2, 0) is 0 Å². The van der Waals surface area contributed by atoms with Crippen molar-refractivity contribution in [3.8, 4) is 0 Å². The second-order valence-corrected chi connectivity index (χ2v) is 3.58. The molecule has 1 N–H and O–H groups in total. The maximum absolute atomic E-state index is 11.6. The molecule has 0 aliphatic carbocycles. The molecule has 1 aromatic rings. The van der Waals surface area contributed by atoms with Gasteiger partial charge < -0.3 is 9.52 Å². The number of hydrogen-bond donors (Lipinski definition) is 1. The summed E-state index contributed by atoms with van der Waals surface area (Å²) in [6.07, 6.45) is 1.97. The van der Waals surface area contributed by atoms with Gasteiger partial charge in [-0.05, 0) is 18.6 Å². The zero-order chi connectivity index (χ0) is 9.97. The SMILES string of the molecule is O=C(CN1CC[C@@H](O)C1)c1ccco1. The van der Waals surface area contributed by atoms with Crippen LogP contribution in [0.4, 0.5) is 0 Å². The molecule has 1 aromatic heterocycles. The van der Waals surface area contributed by atoms with Crippen LogP contribution < -0.4 is 0 Å². The second-order valence-electron chi connectivity index (χ2n) is 3.58. The molecule has 2 rings (SSSR count). The van der Waals surface area contributed by atoms with Crippen molar-refractivity contribution in [2.45, 2.75) is 12.5 Å². The van der Waals surface area contributed by atoms with E-state index in [1.807, 2.05) is 4.90 Å². The van der Waals surface area contributed by atoms with Gasteiger partial charge in [-0.1, -0.05) is 0 Å². The first-order chi connectivity index (χ1) is 6.75. The minimum atomic E-state index is -0.278. The van der Waals surface area contributed by atoms with Crippen molar-refractivity contribution in [1.29, 1.82) is 0 Å². The fourth-order valence-electron chi connectivity index (χ4n) is 1.67. The number of β-amino-alcohol motifs (C(OH)–C–C–N with tert-alkyl or cyclic N) is 1. The average Bonchev–Trinajstić information content (AvgIpc) is 2.75. The molecule has 0 amide bonds. The van der Waals surface area contributed by atoms with E-state index in [2.05, 4.69) is 0 Å². The van der Waals surface area contributed by atoms with Gasteiger partial charge in [0.05, 0.1) is 18.9 Å². The Morgan fingerprint density at radius 2 is 2.57 bits per heavy atom. The Kier molecular flexibility index (Phi) is 2.65. The molecule has 2 heterocycles. The van der Waals surface area contributed by atoms with E-state index < -0.39 is 0 Å². The van der Waals surface area contributed by atoms with Crippen LogP contribution >= 0.6 is 0 Å². The summed E-state index contributed by atoms with van der Waals surface area (Å²) in [4.78, 5) is 13.5. The van der Waals surface area contributed by atoms with Crippen LogP contribution in [0.2, 0.25) is 0 Å². The summed E-state index contributed by atoms with van der Waals surface area (Å²) in [5, 5.41) is 9.27. The van der Waals surface area contributed by atoms with E-state index in [1.165, 1.54) is 6.26 Å². The lowest BCUT2D eigenvalue weighted by Gasteiger charge is -2.12. The maximum Gasteiger partial charge on any atom is 0.211 e. The molecule has 4 nitrogen and oxygen atoms in total. The second kappa shape index (κ2) is 3.94. The van der Waals surface area contributed by atoms with Gasteiger partial charge in [-0.2, -0.15) is 0 Å². The van der Waals surface area contributed by atoms with Gasteiger partial charge in [-0.15, -0.1) is 0 Å². The van der Waals surface area contributed by atoms with E-state index in [1.54, 1.807) is 12.1 Å². The van der Waals surface area contributed by atoms with Crippen molar-refractivity contribution >= 4 is 5.78 Å². The van der Waals surface area contributed by atoms with E-state index in [4.69, 9.17) is 4.42 Å². The summed E-state index contributed by atoms with van der Waals surface area (Å²) in [5.41, 5.74) is 0. The standard InChI is InChI=1S/C10H13NO3/c12-8-3-4-11(6-8)7-9(13)10-2-1-5-14-10/h1-2,5,8,12H,3-4,6-7H2/t8-/m1/s1. The van der Waals surface area contributed by atoms with Crippen molar-refractivity contribution < 1.29 is 14.3 Å². The summed E-state index contributed by atoms with van der Waals surface area (Å²) >= 11 is 0. The average molecular weight is 195 g/mol. The summed E-state index contributed by atoms with van der Waals surface area (Å²) < 4.78 is 4.99. The maximum atomic E-state index is 11.6. The van der Waals surface area contributed by atoms with Crippen LogP contribution in [-0.4, -0.2) is 41.5 Å². The Labute approximate surface area is 82.1 Å². The highest BCUT2D eigenvalue weighted by Crippen LogP contribution is 2.10. The normalized spacial score (nSPS) is 22.8. The molecule has 1 aliphatic heterocycles. The molecule has 1 atom stereocenters. The number of likely N-dealkylation sites (tertiary alicyclic amines) is 1. The molecule has 1 saturated heterocycles. The highest BCUT2D eigenvalue weighted by molar-refractivity contribution is 5.95. The van der Waals surface area contributed by atoms with Crippen LogP contribution in [0, 0.1) is 0 Å². The molecule has 1 aliphatic rings. The molecule has 0 saturated carbocycles. The first-order valence-electron chi connectivity index (χ1n) is 4.73. The number of furan rings is 1. The number of rotatable bonds is 3. The van der Waals surface area contributed by atoms with Crippen molar-refractivity contribution in [3.63, 3.8) is 0 Å². The monoisotopic (exact) mass is 195 g/mol. The first-order valence-corrected chi connectivity index (χ1v) is 4.73. The minimum absolute atomic E-state index is 0.0240. The number of carbonyl (C=O) groups is 1. The fraction of sp³-hybridized carbons (Fsp3) is 0.500. The molecule has 4 heteroatoms. The fourth-order valence-corrected chi connectivity index (χ4v) is 1.67. The molecule has 0 aromatic carbocycles. The minimum Gasteiger partial charge on any atom is -0.461 e. The third kappa shape index (κ3) is 2.02. The lowest BCUT2D eigenvalue weighted by molar-refractivity contribution is 0.0907. The molecular weight excluding hydrogens is 182 g/mol. The molecule has 1 fully saturated rings. The summed E-state index contributed by atoms with van der Waals surface area (Å²) in [6, 6.07) is 3.36. The number of hydrogen-bond acceptors (Lipinski definition) is 4. The van der Waals surface area contributed by atoms with Crippen LogP contribution in [0.5, 0.6) is 0 Å². The molecule has 0 radical (unpaired) electrons. The number of Topliss-reactive ketones (excluding diaryl/α,β-unsaturated/α-hetero) is 1. The number of carbonyl (C=O) groups excluding carboxylic acids is 1. The van der Waals surface area contributed by atoms with Crippen molar-refractivity contribution in [2.24, 2.45) is 0 Å². The van der Waals surface area contributed by atoms with Crippen molar-refractivity contribution in [1.82, 2.24) is 4.90 Å². The molecule has 76 valence electrons. The molecule has 0 spiro atoms. The Balaban J connectivity index is 1.89. The summed E-state index contributed by atoms with van der Waals surface area (Å²) in [6.45, 7) is 1.71. The zero-order valence-corrected chi connectivity index (χ0v) is 7.85. The predicted molar refractivity (Wildman–Crippen MR) is 50.1 cm³/mol. The van der Waals surface area contributed by atoms with Gasteiger partial charge in [0, 0.05) is 13.1 Å². The Bertz CT molecular complexity index is 307. The molecule has 14 heavy (non-hydrogen) atoms. The van der Waals surface area contributed by atoms with Gasteiger partial charge in [0.25, 0.3) is 0 Å². The Morgan fingerprint density at radius 3 is 3.14 bits per heavy atom. The van der Waals surface area contributed by atoms with Gasteiger partial charge in [0.15, 0.2) is 5.76 Å². The largest absolute Gasteiger partial charge is 0.461 e. The number of nitrogens with zero attached hydrogens (tertiary/aromatic N) is 1. The number of ketones is 1. The smallest absolute Gasteiger partial charge is 0.211 e. The predicted octanol–water partition coefficient (Wildman–Crippen LogP) is 0.529. The van der Waals surface area contributed by atoms with Crippen LogP contribution in [0.3, 0.4) is 0 Å². The highest BCUT2D eigenvalue weighted by Gasteiger charge is 2.23. The Morgan fingerprint density at radius 1 is 1.71 bits per heavy atom. The van der Waals surface area contributed by atoms with Crippen molar-refractivity contribution in [2.75, 3.05) is 19.6 Å². The van der Waals surface area contributed by atoms with E-state index in [0.717, 1.165) is 13.0 Å². The number of aliphatic hydroxyl groups is 1. The van der Waals surface area contributed by atoms with E-state index in [0.29, 0.717) is 18.8 Å². The van der Waals surface area contributed by atoms with Crippen LogP contribution in [0.15, 0.2) is 22.8 Å². The van der Waals surface area contributed by atoms with E-state index in [9.17, 15) is 9.90 Å². The quantitative estimate of drug-likeness (QED) is 0.715. The highest BCUT2D eigenvalue weighted by atomic mass is 16.3. The first kappa shape index (κ1) is 9.43. The van der Waals surface area contributed by atoms with Gasteiger partial charge in [0.2, 0.25) is 5.78 Å². The van der Waals surface area contributed by atoms with E-state index >= 15 is 0 Å². The Hall–Kier alpha value is -1.13. The van der Waals surface area contributed by atoms with Gasteiger partial charge >= 0.3 is 0 Å². The molecule has 0 unspecified atom stereocenters. The van der Waals surface area contributed by atoms with Crippen LogP contribution in [0.1, 0.15) is 17.0 Å². The molecule has 0 bridgehead atoms. The van der Waals surface area contributed by atoms with Crippen LogP contribution in [0.25, 0.3) is 0 Å². The van der Waals surface area contributed by atoms with E-state index in [-0.39, 0.29) is 11.9 Å². The van der Waals surface area contributed by atoms with Gasteiger partial charge in [-0.25, -0.2) is 0 Å². The molecular formula is C10H13NO3. The topological polar surface area (TPSA) is 53.7 Å². The van der Waals surface area contributed by atoms with Gasteiger partial charge in [-0.3, -0.25) is 9.69 Å². The van der Waals surface area contributed by atoms with Gasteiger partial charge in [0.1, 0.15) is 0 Å². The zero-order valence-electron chi connectivity index (χ0n) is 7.85. The summed E-state index contributed by atoms with van der Waals surface area (Å²) in [7, 11) is 0. The number of aliphatic hydroxyl groups excluding tert-OH is 1. The third-order valence-electron chi connectivity index (χ3n) is 2.41. The van der Waals surface area contributed by atoms with Crippen molar-refractivity contribution in [3.05, 3.63) is 24.2 Å². The summed E-state index contributed by atoms with van der Waals surface area (Å²) in [5.74, 6) is 0.371. The lowest BCUT2D eigenvalue weighted by atomic mass is 10.3. The third-order valence-corrected chi connectivity index (χ3v) is 2.41.